The third-order valence-electron chi connectivity index (χ3n) is 5.89. The van der Waals surface area contributed by atoms with Gasteiger partial charge in [-0.3, -0.25) is 9.59 Å². The highest BCUT2D eigenvalue weighted by atomic mass is 16.5. The van der Waals surface area contributed by atoms with Crippen LogP contribution in [0.5, 0.6) is 0 Å². The van der Waals surface area contributed by atoms with Crippen LogP contribution in [0.4, 0.5) is 0 Å². The van der Waals surface area contributed by atoms with Gasteiger partial charge in [0.15, 0.2) is 0 Å². The molecule has 0 saturated carbocycles. The fraction of sp³-hybridized carbons (Fsp3) is 0.867. The molecule has 0 N–H and O–H groups in total. The van der Waals surface area contributed by atoms with Crippen LogP contribution in [0.1, 0.15) is 144 Å². The molecule has 4 nitrogen and oxygen atoms in total. The maximum absolute atomic E-state index is 11.7. The van der Waals surface area contributed by atoms with E-state index in [1.807, 2.05) is 41.5 Å². The Balaban J connectivity index is 3.26. The summed E-state index contributed by atoms with van der Waals surface area (Å²) in [6.45, 7) is 12.5. The van der Waals surface area contributed by atoms with E-state index in [2.05, 4.69) is 12.2 Å². The number of hydrogen-bond donors (Lipinski definition) is 0. The molecule has 0 amide bonds. The molecular formula is C30H56O4. The summed E-state index contributed by atoms with van der Waals surface area (Å²) in [5.41, 5.74) is -0.775. The molecule has 0 aromatic rings. The van der Waals surface area contributed by atoms with E-state index in [9.17, 15) is 9.59 Å². The van der Waals surface area contributed by atoms with Crippen LogP contribution in [0, 0.1) is 10.8 Å². The fourth-order valence-corrected chi connectivity index (χ4v) is 3.49. The molecule has 0 rings (SSSR count). The van der Waals surface area contributed by atoms with Gasteiger partial charge in [-0.2, -0.15) is 0 Å². The summed E-state index contributed by atoms with van der Waals surface area (Å²) in [7, 11) is 0. The predicted molar refractivity (Wildman–Crippen MR) is 144 cm³/mol. The molecule has 0 bridgehead atoms. The molecule has 0 saturated heterocycles. The largest absolute Gasteiger partial charge is 0.465 e. The summed E-state index contributed by atoms with van der Waals surface area (Å²) in [5, 5.41) is 0. The second-order valence-corrected chi connectivity index (χ2v) is 11.8. The lowest BCUT2D eigenvalue weighted by Crippen LogP contribution is -2.23. The number of hydrogen-bond acceptors (Lipinski definition) is 4. The van der Waals surface area contributed by atoms with Crippen molar-refractivity contribution in [3.63, 3.8) is 0 Å². The SMILES string of the molecule is CC(C)(C)C(=O)OCCCCCCCCCC=CCCCCCCCCCOC(=O)C(C)(C)C. The Morgan fingerprint density at radius 3 is 1.03 bits per heavy atom. The molecule has 0 fully saturated rings. The second-order valence-electron chi connectivity index (χ2n) is 11.8. The Morgan fingerprint density at radius 2 is 0.735 bits per heavy atom. The first-order chi connectivity index (χ1) is 16.0. The molecule has 0 aromatic carbocycles. The summed E-state index contributed by atoms with van der Waals surface area (Å²) >= 11 is 0. The topological polar surface area (TPSA) is 52.6 Å². The number of rotatable bonds is 20. The van der Waals surface area contributed by atoms with Gasteiger partial charge in [0.1, 0.15) is 0 Å². The molecule has 4 heteroatoms. The van der Waals surface area contributed by atoms with Gasteiger partial charge in [-0.1, -0.05) is 76.4 Å². The Morgan fingerprint density at radius 1 is 0.471 bits per heavy atom. The molecular weight excluding hydrogens is 424 g/mol. The molecule has 34 heavy (non-hydrogen) atoms. The van der Waals surface area contributed by atoms with Crippen molar-refractivity contribution >= 4 is 11.9 Å². The first-order valence-electron chi connectivity index (χ1n) is 14.0. The number of carbonyl (C=O) groups is 2. The molecule has 0 unspecified atom stereocenters. The van der Waals surface area contributed by atoms with Crippen molar-refractivity contribution < 1.29 is 19.1 Å². The van der Waals surface area contributed by atoms with E-state index in [1.165, 1.54) is 77.0 Å². The Hall–Kier alpha value is -1.32. The van der Waals surface area contributed by atoms with Gasteiger partial charge in [0, 0.05) is 0 Å². The van der Waals surface area contributed by atoms with Crippen LogP contribution >= 0.6 is 0 Å². The van der Waals surface area contributed by atoms with Crippen molar-refractivity contribution in [1.29, 1.82) is 0 Å². The fourth-order valence-electron chi connectivity index (χ4n) is 3.49. The van der Waals surface area contributed by atoms with Crippen LogP contribution in [0.3, 0.4) is 0 Å². The zero-order valence-corrected chi connectivity index (χ0v) is 23.5. The number of allylic oxidation sites excluding steroid dienone is 2. The van der Waals surface area contributed by atoms with Crippen LogP contribution in [0.25, 0.3) is 0 Å². The van der Waals surface area contributed by atoms with E-state index in [-0.39, 0.29) is 22.8 Å². The Kier molecular flexibility index (Phi) is 19.2. The monoisotopic (exact) mass is 480 g/mol. The normalized spacial score (nSPS) is 12.3. The van der Waals surface area contributed by atoms with Crippen LogP contribution < -0.4 is 0 Å². The third kappa shape index (κ3) is 21.2. The average Bonchev–Trinajstić information content (AvgIpc) is 2.75. The molecule has 0 aliphatic carbocycles. The summed E-state index contributed by atoms with van der Waals surface area (Å²) in [5.74, 6) is -0.186. The minimum absolute atomic E-state index is 0.0928. The van der Waals surface area contributed by atoms with E-state index in [0.29, 0.717) is 13.2 Å². The van der Waals surface area contributed by atoms with Gasteiger partial charge in [0.05, 0.1) is 24.0 Å². The minimum Gasteiger partial charge on any atom is -0.465 e. The van der Waals surface area contributed by atoms with Crippen LogP contribution in [-0.2, 0) is 19.1 Å². The van der Waals surface area contributed by atoms with Gasteiger partial charge in [0.25, 0.3) is 0 Å². The molecule has 0 atom stereocenters. The number of carbonyl (C=O) groups excluding carboxylic acids is 2. The van der Waals surface area contributed by atoms with Crippen molar-refractivity contribution in [3.8, 4) is 0 Å². The van der Waals surface area contributed by atoms with Crippen molar-refractivity contribution in [2.45, 2.75) is 144 Å². The van der Waals surface area contributed by atoms with E-state index in [0.717, 1.165) is 25.7 Å². The maximum Gasteiger partial charge on any atom is 0.311 e. The van der Waals surface area contributed by atoms with Gasteiger partial charge >= 0.3 is 11.9 Å². The highest BCUT2D eigenvalue weighted by Gasteiger charge is 2.23. The average molecular weight is 481 g/mol. The molecule has 0 spiro atoms. The van der Waals surface area contributed by atoms with Gasteiger partial charge < -0.3 is 9.47 Å². The van der Waals surface area contributed by atoms with Crippen LogP contribution in [-0.4, -0.2) is 25.2 Å². The molecule has 0 aliphatic heterocycles. The van der Waals surface area contributed by atoms with Crippen molar-refractivity contribution in [2.24, 2.45) is 10.8 Å². The Labute approximate surface area is 211 Å². The highest BCUT2D eigenvalue weighted by molar-refractivity contribution is 5.75. The zero-order chi connectivity index (χ0) is 25.7. The van der Waals surface area contributed by atoms with Crippen LogP contribution in [0.2, 0.25) is 0 Å². The van der Waals surface area contributed by atoms with Gasteiger partial charge in [-0.25, -0.2) is 0 Å². The number of ether oxygens (including phenoxy) is 2. The predicted octanol–water partition coefficient (Wildman–Crippen LogP) is 8.96. The van der Waals surface area contributed by atoms with Crippen LogP contribution in [0.15, 0.2) is 12.2 Å². The van der Waals surface area contributed by atoms with Gasteiger partial charge in [-0.05, 0) is 80.1 Å². The van der Waals surface area contributed by atoms with Crippen molar-refractivity contribution in [2.75, 3.05) is 13.2 Å². The highest BCUT2D eigenvalue weighted by Crippen LogP contribution is 2.17. The molecule has 200 valence electrons. The Bertz CT molecular complexity index is 489. The third-order valence-corrected chi connectivity index (χ3v) is 5.89. The lowest BCUT2D eigenvalue weighted by atomic mass is 9.97. The maximum atomic E-state index is 11.7. The van der Waals surface area contributed by atoms with Gasteiger partial charge in [0.2, 0.25) is 0 Å². The van der Waals surface area contributed by atoms with Crippen molar-refractivity contribution in [1.82, 2.24) is 0 Å². The standard InChI is InChI=1S/C30H56O4/c1-29(2,3)27(31)33-25-23-21-19-17-15-13-11-9-7-8-10-12-14-16-18-20-22-24-26-34-28(32)30(4,5)6/h7-8H,9-26H2,1-6H3. The minimum atomic E-state index is -0.388. The van der Waals surface area contributed by atoms with E-state index >= 15 is 0 Å². The number of esters is 2. The summed E-state index contributed by atoms with van der Waals surface area (Å²) in [4.78, 5) is 23.3. The lowest BCUT2D eigenvalue weighted by molar-refractivity contribution is -0.153. The quantitative estimate of drug-likeness (QED) is 0.0991. The number of unbranched alkanes of at least 4 members (excludes halogenated alkanes) is 14. The van der Waals surface area contributed by atoms with E-state index in [4.69, 9.17) is 9.47 Å². The molecule has 0 aromatic heterocycles. The molecule has 0 heterocycles. The molecule has 0 aliphatic rings. The summed E-state index contributed by atoms with van der Waals surface area (Å²) in [6.07, 6.45) is 24.4. The summed E-state index contributed by atoms with van der Waals surface area (Å²) < 4.78 is 10.6. The van der Waals surface area contributed by atoms with E-state index in [1.54, 1.807) is 0 Å². The second kappa shape index (κ2) is 19.9. The smallest absolute Gasteiger partial charge is 0.311 e. The first kappa shape index (κ1) is 32.7. The zero-order valence-electron chi connectivity index (χ0n) is 23.5. The van der Waals surface area contributed by atoms with Gasteiger partial charge in [-0.15, -0.1) is 0 Å². The first-order valence-corrected chi connectivity index (χ1v) is 14.0. The molecule has 0 radical (unpaired) electrons. The van der Waals surface area contributed by atoms with E-state index < -0.39 is 0 Å². The van der Waals surface area contributed by atoms with Crippen molar-refractivity contribution in [3.05, 3.63) is 12.2 Å². The summed E-state index contributed by atoms with van der Waals surface area (Å²) in [6, 6.07) is 0. The lowest BCUT2D eigenvalue weighted by Gasteiger charge is -2.16.